The third kappa shape index (κ3) is 7.50. The average Bonchev–Trinajstić information content (AvgIpc) is 3.34. The molecular formula is C20H25IN6OS. The second-order valence-corrected chi connectivity index (χ2v) is 7.62. The summed E-state index contributed by atoms with van der Waals surface area (Å²) in [7, 11) is 1.75. The molecule has 0 aliphatic heterocycles. The number of carbonyl (C=O) groups excluding carboxylic acids is 1. The van der Waals surface area contributed by atoms with E-state index in [1.807, 2.05) is 24.3 Å². The van der Waals surface area contributed by atoms with Crippen LogP contribution in [0.5, 0.6) is 0 Å². The highest BCUT2D eigenvalue weighted by atomic mass is 127. The second kappa shape index (κ2) is 11.6. The molecule has 0 atom stereocenters. The fourth-order valence-corrected chi connectivity index (χ4v) is 3.49. The first-order chi connectivity index (χ1) is 13.6. The van der Waals surface area contributed by atoms with Crippen molar-refractivity contribution in [1.29, 1.82) is 0 Å². The summed E-state index contributed by atoms with van der Waals surface area (Å²) in [6.07, 6.45) is 3.41. The van der Waals surface area contributed by atoms with Gasteiger partial charge in [0.2, 0.25) is 5.91 Å². The molecular weight excluding hydrogens is 499 g/mol. The molecule has 0 radical (unpaired) electrons. The number of aromatic nitrogens is 2. The SMILES string of the molecule is CN=C(NCc1cccc(NC(=O)Cn2cccn2)c1)NCc1ccc(C)s1.I. The van der Waals surface area contributed by atoms with E-state index in [1.54, 1.807) is 41.5 Å². The lowest BCUT2D eigenvalue weighted by atomic mass is 10.2. The minimum atomic E-state index is -0.113. The van der Waals surface area contributed by atoms with Gasteiger partial charge in [-0.3, -0.25) is 14.5 Å². The van der Waals surface area contributed by atoms with Crippen LogP contribution in [0.25, 0.3) is 0 Å². The molecule has 0 spiro atoms. The van der Waals surface area contributed by atoms with E-state index in [1.165, 1.54) is 9.75 Å². The van der Waals surface area contributed by atoms with Crippen LogP contribution in [0.2, 0.25) is 0 Å². The molecule has 7 nitrogen and oxygen atoms in total. The van der Waals surface area contributed by atoms with E-state index >= 15 is 0 Å². The van der Waals surface area contributed by atoms with Gasteiger partial charge in [-0.05, 0) is 42.8 Å². The van der Waals surface area contributed by atoms with Crippen LogP contribution in [0.15, 0.2) is 59.9 Å². The molecule has 3 rings (SSSR count). The number of hydrogen-bond acceptors (Lipinski definition) is 4. The van der Waals surface area contributed by atoms with Gasteiger partial charge in [0.15, 0.2) is 5.96 Å². The maximum absolute atomic E-state index is 12.1. The number of amides is 1. The Morgan fingerprint density at radius 1 is 1.17 bits per heavy atom. The van der Waals surface area contributed by atoms with Crippen molar-refractivity contribution in [3.05, 3.63) is 70.2 Å². The van der Waals surface area contributed by atoms with Gasteiger partial charge in [-0.15, -0.1) is 35.3 Å². The van der Waals surface area contributed by atoms with Crippen molar-refractivity contribution in [2.45, 2.75) is 26.6 Å². The van der Waals surface area contributed by atoms with Crippen LogP contribution in [0.4, 0.5) is 5.69 Å². The number of nitrogens with zero attached hydrogens (tertiary/aromatic N) is 3. The van der Waals surface area contributed by atoms with Gasteiger partial charge in [0.1, 0.15) is 6.54 Å². The van der Waals surface area contributed by atoms with E-state index in [9.17, 15) is 4.79 Å². The molecule has 3 aromatic rings. The number of carbonyl (C=O) groups is 1. The van der Waals surface area contributed by atoms with Crippen molar-refractivity contribution >= 4 is 52.9 Å². The van der Waals surface area contributed by atoms with Crippen molar-refractivity contribution in [3.63, 3.8) is 0 Å². The molecule has 1 aromatic carbocycles. The molecule has 29 heavy (non-hydrogen) atoms. The lowest BCUT2D eigenvalue weighted by molar-refractivity contribution is -0.116. The van der Waals surface area contributed by atoms with E-state index in [-0.39, 0.29) is 36.4 Å². The van der Waals surface area contributed by atoms with Crippen LogP contribution in [0.3, 0.4) is 0 Å². The third-order valence-electron chi connectivity index (χ3n) is 3.99. The number of nitrogens with one attached hydrogen (secondary N) is 3. The predicted octanol–water partition coefficient (Wildman–Crippen LogP) is 3.37. The first-order valence-corrected chi connectivity index (χ1v) is 9.80. The minimum Gasteiger partial charge on any atom is -0.352 e. The molecule has 154 valence electrons. The molecule has 0 saturated heterocycles. The highest BCUT2D eigenvalue weighted by molar-refractivity contribution is 14.0. The first-order valence-electron chi connectivity index (χ1n) is 8.98. The Hall–Kier alpha value is -2.40. The topological polar surface area (TPSA) is 83.3 Å². The van der Waals surface area contributed by atoms with Crippen molar-refractivity contribution < 1.29 is 4.79 Å². The van der Waals surface area contributed by atoms with Gasteiger partial charge in [-0.25, -0.2) is 0 Å². The van der Waals surface area contributed by atoms with Crippen LogP contribution < -0.4 is 16.0 Å². The Balaban J connectivity index is 0.00000300. The Labute approximate surface area is 191 Å². The maximum Gasteiger partial charge on any atom is 0.246 e. The molecule has 9 heteroatoms. The van der Waals surface area contributed by atoms with E-state index in [4.69, 9.17) is 0 Å². The predicted molar refractivity (Wildman–Crippen MR) is 129 cm³/mol. The summed E-state index contributed by atoms with van der Waals surface area (Å²) in [5.41, 5.74) is 1.81. The van der Waals surface area contributed by atoms with E-state index in [2.05, 4.69) is 45.1 Å². The van der Waals surface area contributed by atoms with Gasteiger partial charge < -0.3 is 16.0 Å². The second-order valence-electron chi connectivity index (χ2n) is 6.24. The van der Waals surface area contributed by atoms with Crippen LogP contribution in [0.1, 0.15) is 15.3 Å². The number of rotatable bonds is 7. The fourth-order valence-electron chi connectivity index (χ4n) is 2.66. The number of anilines is 1. The van der Waals surface area contributed by atoms with Gasteiger partial charge in [0, 0.05) is 41.4 Å². The van der Waals surface area contributed by atoms with Crippen LogP contribution in [-0.4, -0.2) is 28.7 Å². The summed E-state index contributed by atoms with van der Waals surface area (Å²) in [6.45, 7) is 3.63. The van der Waals surface area contributed by atoms with E-state index in [0.717, 1.165) is 23.8 Å². The van der Waals surface area contributed by atoms with Gasteiger partial charge in [-0.1, -0.05) is 12.1 Å². The molecule has 0 aliphatic carbocycles. The van der Waals surface area contributed by atoms with Crippen LogP contribution in [-0.2, 0) is 24.4 Å². The number of guanidine groups is 1. The molecule has 3 N–H and O–H groups in total. The first kappa shape index (κ1) is 22.9. The number of halogens is 1. The molecule has 2 aromatic heterocycles. The normalized spacial score (nSPS) is 10.9. The summed E-state index contributed by atoms with van der Waals surface area (Å²) < 4.78 is 1.59. The maximum atomic E-state index is 12.1. The van der Waals surface area contributed by atoms with E-state index < -0.39 is 0 Å². The highest BCUT2D eigenvalue weighted by Crippen LogP contribution is 2.14. The lowest BCUT2D eigenvalue weighted by Gasteiger charge is -2.12. The van der Waals surface area contributed by atoms with Gasteiger partial charge in [0.05, 0.1) is 6.54 Å². The quantitative estimate of drug-likeness (QED) is 0.252. The largest absolute Gasteiger partial charge is 0.352 e. The zero-order chi connectivity index (χ0) is 19.8. The van der Waals surface area contributed by atoms with Crippen molar-refractivity contribution in [1.82, 2.24) is 20.4 Å². The third-order valence-corrected chi connectivity index (χ3v) is 4.99. The average molecular weight is 524 g/mol. The zero-order valence-corrected chi connectivity index (χ0v) is 19.5. The molecule has 1 amide bonds. The number of aliphatic imine (C=N–C) groups is 1. The standard InChI is InChI=1S/C20H24N6OS.HI/c1-15-7-8-18(28-15)13-23-20(21-2)22-12-16-5-3-6-17(11-16)25-19(27)14-26-10-4-9-24-26;/h3-11H,12-14H2,1-2H3,(H,25,27)(H2,21,22,23);1H. The van der Waals surface area contributed by atoms with Crippen LogP contribution >= 0.6 is 35.3 Å². The Morgan fingerprint density at radius 3 is 2.69 bits per heavy atom. The Bertz CT molecular complexity index is 938. The molecule has 2 heterocycles. The minimum absolute atomic E-state index is 0. The molecule has 0 saturated carbocycles. The van der Waals surface area contributed by atoms with E-state index in [0.29, 0.717) is 6.54 Å². The Kier molecular flexibility index (Phi) is 9.13. The summed E-state index contributed by atoms with van der Waals surface area (Å²) in [5.74, 6) is 0.622. The lowest BCUT2D eigenvalue weighted by Crippen LogP contribution is -2.36. The zero-order valence-electron chi connectivity index (χ0n) is 16.4. The number of thiophene rings is 1. The highest BCUT2D eigenvalue weighted by Gasteiger charge is 2.05. The van der Waals surface area contributed by atoms with Crippen molar-refractivity contribution in [2.75, 3.05) is 12.4 Å². The summed E-state index contributed by atoms with van der Waals surface area (Å²) in [4.78, 5) is 18.9. The molecule has 0 bridgehead atoms. The van der Waals surface area contributed by atoms with Crippen molar-refractivity contribution in [2.24, 2.45) is 4.99 Å². The van der Waals surface area contributed by atoms with Gasteiger partial charge in [-0.2, -0.15) is 5.10 Å². The van der Waals surface area contributed by atoms with Gasteiger partial charge >= 0.3 is 0 Å². The van der Waals surface area contributed by atoms with Crippen LogP contribution in [0, 0.1) is 6.92 Å². The number of aryl methyl sites for hydroxylation is 1. The Morgan fingerprint density at radius 2 is 2.00 bits per heavy atom. The summed E-state index contributed by atoms with van der Waals surface area (Å²) in [5, 5.41) is 13.5. The summed E-state index contributed by atoms with van der Waals surface area (Å²) in [6, 6.07) is 13.8. The number of benzene rings is 1. The van der Waals surface area contributed by atoms with Crippen molar-refractivity contribution in [3.8, 4) is 0 Å². The fraction of sp³-hybridized carbons (Fsp3) is 0.250. The smallest absolute Gasteiger partial charge is 0.246 e. The molecule has 0 aliphatic rings. The molecule has 0 unspecified atom stereocenters. The monoisotopic (exact) mass is 524 g/mol. The molecule has 0 fully saturated rings. The summed E-state index contributed by atoms with van der Waals surface area (Å²) >= 11 is 1.77. The van der Waals surface area contributed by atoms with Gasteiger partial charge in [0.25, 0.3) is 0 Å². The number of hydrogen-bond donors (Lipinski definition) is 3.